The monoisotopic (exact) mass is 442 g/mol. The summed E-state index contributed by atoms with van der Waals surface area (Å²) < 4.78 is 27.6. The number of fused-ring (bicyclic) bond motifs is 1. The molecular formula is C22H26N4O4S. The Labute approximate surface area is 182 Å². The second-order valence-electron chi connectivity index (χ2n) is 8.14. The van der Waals surface area contributed by atoms with Crippen LogP contribution >= 0.6 is 0 Å². The van der Waals surface area contributed by atoms with E-state index < -0.39 is 15.9 Å². The number of nitrogens with one attached hydrogen (secondary N) is 1. The summed E-state index contributed by atoms with van der Waals surface area (Å²) in [6.07, 6.45) is 8.13. The summed E-state index contributed by atoms with van der Waals surface area (Å²) in [5.74, 6) is -0.391. The summed E-state index contributed by atoms with van der Waals surface area (Å²) in [7, 11) is -3.58. The number of benzene rings is 1. The Morgan fingerprint density at radius 3 is 2.74 bits per heavy atom. The smallest absolute Gasteiger partial charge is 0.259 e. The second kappa shape index (κ2) is 8.30. The Morgan fingerprint density at radius 1 is 1.19 bits per heavy atom. The zero-order valence-corrected chi connectivity index (χ0v) is 18.5. The predicted octanol–water partition coefficient (Wildman–Crippen LogP) is 2.45. The number of carbonyl (C=O) groups is 2. The lowest BCUT2D eigenvalue weighted by atomic mass is 10.0. The second-order valence-corrected chi connectivity index (χ2v) is 9.90. The van der Waals surface area contributed by atoms with Crippen LogP contribution in [0.15, 0.2) is 46.5 Å². The van der Waals surface area contributed by atoms with Crippen molar-refractivity contribution < 1.29 is 18.0 Å². The van der Waals surface area contributed by atoms with Gasteiger partial charge in [0.1, 0.15) is 0 Å². The van der Waals surface area contributed by atoms with Crippen LogP contribution in [0.5, 0.6) is 0 Å². The number of hydrogen-bond donors (Lipinski definition) is 1. The highest BCUT2D eigenvalue weighted by atomic mass is 32.2. The first-order valence-electron chi connectivity index (χ1n) is 10.5. The zero-order chi connectivity index (χ0) is 22.2. The molecule has 3 aliphatic heterocycles. The topological polar surface area (TPSA) is 99.1 Å². The largest absolute Gasteiger partial charge is 0.336 e. The normalized spacial score (nSPS) is 22.3. The molecule has 1 fully saturated rings. The Kier molecular flexibility index (Phi) is 5.70. The number of anilines is 1. The van der Waals surface area contributed by atoms with Crippen LogP contribution in [0.2, 0.25) is 0 Å². The van der Waals surface area contributed by atoms with Gasteiger partial charge in [-0.1, -0.05) is 0 Å². The van der Waals surface area contributed by atoms with E-state index in [-0.39, 0.29) is 35.7 Å². The van der Waals surface area contributed by atoms with Gasteiger partial charge in [0.25, 0.3) is 21.8 Å². The molecule has 0 radical (unpaired) electrons. The molecule has 31 heavy (non-hydrogen) atoms. The van der Waals surface area contributed by atoms with E-state index in [0.29, 0.717) is 11.3 Å². The van der Waals surface area contributed by atoms with Crippen LogP contribution in [-0.4, -0.2) is 60.8 Å². The van der Waals surface area contributed by atoms with Crippen molar-refractivity contribution in [3.8, 4) is 0 Å². The van der Waals surface area contributed by atoms with Crippen molar-refractivity contribution in [1.29, 1.82) is 0 Å². The molecule has 0 bridgehead atoms. The van der Waals surface area contributed by atoms with E-state index in [0.717, 1.165) is 31.4 Å². The quantitative estimate of drug-likeness (QED) is 0.775. The van der Waals surface area contributed by atoms with Gasteiger partial charge in [0, 0.05) is 36.6 Å². The molecule has 3 heterocycles. The molecule has 4 rings (SSSR count). The third kappa shape index (κ3) is 4.41. The maximum absolute atomic E-state index is 12.9. The minimum Gasteiger partial charge on any atom is -0.336 e. The fraction of sp³-hybridized carbons (Fsp3) is 0.409. The van der Waals surface area contributed by atoms with E-state index in [9.17, 15) is 18.0 Å². The number of amides is 2. The average Bonchev–Trinajstić information content (AvgIpc) is 2.74. The van der Waals surface area contributed by atoms with Gasteiger partial charge in [-0.3, -0.25) is 9.59 Å². The fourth-order valence-corrected chi connectivity index (χ4v) is 5.07. The summed E-state index contributed by atoms with van der Waals surface area (Å²) in [5.41, 5.74) is 2.10. The van der Waals surface area contributed by atoms with Gasteiger partial charge in [0.2, 0.25) is 0 Å². The third-order valence-corrected chi connectivity index (χ3v) is 7.04. The van der Waals surface area contributed by atoms with Crippen LogP contribution < -0.4 is 5.32 Å². The number of likely N-dealkylation sites (tertiary alicyclic amines) is 1. The van der Waals surface area contributed by atoms with E-state index in [4.69, 9.17) is 0 Å². The molecule has 1 atom stereocenters. The summed E-state index contributed by atoms with van der Waals surface area (Å²) in [4.78, 5) is 29.4. The number of nitrogens with zero attached hydrogens (tertiary/aromatic N) is 3. The van der Waals surface area contributed by atoms with Crippen LogP contribution in [0.25, 0.3) is 0 Å². The van der Waals surface area contributed by atoms with Crippen molar-refractivity contribution >= 4 is 33.4 Å². The summed E-state index contributed by atoms with van der Waals surface area (Å²) in [5, 5.41) is 2.83. The van der Waals surface area contributed by atoms with Crippen LogP contribution in [0, 0.1) is 6.92 Å². The Hall–Kier alpha value is -2.94. The minimum absolute atomic E-state index is 0.00529. The number of sulfonamides is 1. The molecule has 9 heteroatoms. The highest BCUT2D eigenvalue weighted by molar-refractivity contribution is 7.90. The Morgan fingerprint density at radius 2 is 2.00 bits per heavy atom. The van der Waals surface area contributed by atoms with Crippen molar-refractivity contribution in [2.45, 2.75) is 39.2 Å². The van der Waals surface area contributed by atoms with Crippen molar-refractivity contribution in [2.24, 2.45) is 4.40 Å². The number of hydrogen-bond acceptors (Lipinski definition) is 5. The SMILES string of the molecule is Cc1cc(C(=O)N2CCCCC2C)ccc1NC(=O)C1=CC=CN2CCS(=O)(=O)N=C12. The molecule has 1 aromatic carbocycles. The number of piperidine rings is 1. The fourth-order valence-electron chi connectivity index (χ4n) is 4.09. The van der Waals surface area contributed by atoms with E-state index in [1.165, 1.54) is 0 Å². The number of amidine groups is 1. The van der Waals surface area contributed by atoms with Crippen molar-refractivity contribution in [1.82, 2.24) is 9.80 Å². The number of aryl methyl sites for hydroxylation is 1. The van der Waals surface area contributed by atoms with Crippen LogP contribution in [0.3, 0.4) is 0 Å². The Bertz CT molecular complexity index is 1120. The summed E-state index contributed by atoms with van der Waals surface area (Å²) in [6, 6.07) is 5.44. The molecule has 164 valence electrons. The first-order chi connectivity index (χ1) is 14.7. The first-order valence-corrected chi connectivity index (χ1v) is 12.1. The van der Waals surface area contributed by atoms with Gasteiger partial charge in [-0.15, -0.1) is 4.40 Å². The number of rotatable bonds is 3. The molecule has 3 aliphatic rings. The summed E-state index contributed by atoms with van der Waals surface area (Å²) >= 11 is 0. The lowest BCUT2D eigenvalue weighted by molar-refractivity contribution is -0.112. The highest BCUT2D eigenvalue weighted by Gasteiger charge is 2.30. The van der Waals surface area contributed by atoms with Crippen molar-refractivity contribution in [2.75, 3.05) is 24.2 Å². The maximum atomic E-state index is 12.9. The van der Waals surface area contributed by atoms with Crippen molar-refractivity contribution in [3.63, 3.8) is 0 Å². The molecule has 1 unspecified atom stereocenters. The third-order valence-electron chi connectivity index (χ3n) is 5.89. The molecule has 1 aromatic rings. The molecule has 2 amide bonds. The highest BCUT2D eigenvalue weighted by Crippen LogP contribution is 2.24. The van der Waals surface area contributed by atoms with E-state index in [1.54, 1.807) is 41.5 Å². The molecular weight excluding hydrogens is 416 g/mol. The van der Waals surface area contributed by atoms with E-state index >= 15 is 0 Å². The molecule has 0 saturated carbocycles. The van der Waals surface area contributed by atoms with Gasteiger partial charge in [-0.25, -0.2) is 8.42 Å². The molecule has 0 aromatic heterocycles. The van der Waals surface area contributed by atoms with E-state index in [2.05, 4.69) is 16.6 Å². The molecule has 0 spiro atoms. The van der Waals surface area contributed by atoms with Gasteiger partial charge in [-0.2, -0.15) is 0 Å². The van der Waals surface area contributed by atoms with E-state index in [1.807, 2.05) is 11.8 Å². The summed E-state index contributed by atoms with van der Waals surface area (Å²) in [6.45, 7) is 4.92. The Balaban J connectivity index is 1.53. The van der Waals surface area contributed by atoms with Gasteiger partial charge in [0.05, 0.1) is 11.3 Å². The first kappa shape index (κ1) is 21.3. The van der Waals surface area contributed by atoms with Gasteiger partial charge in [-0.05, 0) is 69.0 Å². The van der Waals surface area contributed by atoms with Crippen LogP contribution in [-0.2, 0) is 14.8 Å². The van der Waals surface area contributed by atoms with Crippen LogP contribution in [0.4, 0.5) is 5.69 Å². The molecule has 0 aliphatic carbocycles. The minimum atomic E-state index is -3.58. The predicted molar refractivity (Wildman–Crippen MR) is 119 cm³/mol. The van der Waals surface area contributed by atoms with Gasteiger partial charge < -0.3 is 15.1 Å². The molecule has 8 nitrogen and oxygen atoms in total. The van der Waals surface area contributed by atoms with Gasteiger partial charge >= 0.3 is 0 Å². The zero-order valence-electron chi connectivity index (χ0n) is 17.7. The van der Waals surface area contributed by atoms with Crippen LogP contribution in [0.1, 0.15) is 42.1 Å². The van der Waals surface area contributed by atoms with Gasteiger partial charge in [0.15, 0.2) is 5.84 Å². The lowest BCUT2D eigenvalue weighted by Gasteiger charge is -2.33. The number of allylic oxidation sites excluding steroid dienone is 2. The van der Waals surface area contributed by atoms with Crippen molar-refractivity contribution in [3.05, 3.63) is 53.3 Å². The number of carbonyl (C=O) groups excluding carboxylic acids is 2. The molecule has 1 N–H and O–H groups in total. The lowest BCUT2D eigenvalue weighted by Crippen LogP contribution is -2.42. The molecule has 1 saturated heterocycles. The standard InChI is InChI=1S/C22H26N4O4S/c1-15-14-17(22(28)26-11-4-3-6-16(26)2)8-9-19(15)23-21(27)18-7-5-10-25-12-13-31(29,30)24-20(18)25/h5,7-10,14,16H,3-4,6,11-13H2,1-2H3,(H,23,27). The maximum Gasteiger partial charge on any atom is 0.259 e. The average molecular weight is 443 g/mol.